The Hall–Kier alpha value is -3.96. The number of nitrogens with two attached hydrogens (primary N) is 1. The fraction of sp³-hybridized carbons (Fsp3) is 0.321. The number of imide groups is 4. The molecule has 41 heavy (non-hydrogen) atoms. The molecule has 0 unspecified atom stereocenters. The number of nitrogens with zero attached hydrogens (tertiary/aromatic N) is 2. The first-order valence-electron chi connectivity index (χ1n) is 12.6. The lowest BCUT2D eigenvalue weighted by Gasteiger charge is -2.50. The number of methoxy groups -OCH3 is 1. The number of anilines is 1. The van der Waals surface area contributed by atoms with Crippen LogP contribution < -0.4 is 15.4 Å². The molecule has 6 rings (SSSR count). The van der Waals surface area contributed by atoms with E-state index in [1.807, 2.05) is 0 Å². The number of aromatic hydroxyl groups is 1. The maximum absolute atomic E-state index is 14.2. The molecular weight excluding hydrogens is 580 g/mol. The highest BCUT2D eigenvalue weighted by atomic mass is 35.5. The fourth-order valence-electron chi connectivity index (χ4n) is 6.90. The van der Waals surface area contributed by atoms with Gasteiger partial charge in [-0.2, -0.15) is 4.90 Å². The van der Waals surface area contributed by atoms with Crippen molar-refractivity contribution in [3.63, 3.8) is 0 Å². The summed E-state index contributed by atoms with van der Waals surface area (Å²) in [7, 11) is 1.33. The number of phenolic OH excluding ortho intramolecular Hbond substituents is 1. The van der Waals surface area contributed by atoms with E-state index in [4.69, 9.17) is 33.7 Å². The molecule has 2 aliphatic carbocycles. The first kappa shape index (κ1) is 27.2. The number of phenols is 1. The van der Waals surface area contributed by atoms with Gasteiger partial charge in [0.1, 0.15) is 5.82 Å². The summed E-state index contributed by atoms with van der Waals surface area (Å²) in [5.74, 6) is -8.62. The fourth-order valence-corrected chi connectivity index (χ4v) is 7.83. The smallest absolute Gasteiger partial charge is 0.328 e. The number of para-hydroxylation sites is 1. The molecule has 0 aromatic heterocycles. The molecule has 1 saturated carbocycles. The molecule has 2 aromatic carbocycles. The predicted molar refractivity (Wildman–Crippen MR) is 143 cm³/mol. The Morgan fingerprint density at radius 1 is 1.05 bits per heavy atom. The molecule has 3 fully saturated rings. The average molecular weight is 602 g/mol. The number of urea groups is 1. The second-order valence-corrected chi connectivity index (χ2v) is 11.7. The number of ether oxygens (including phenoxy) is 1. The van der Waals surface area contributed by atoms with Crippen LogP contribution in [-0.2, 0) is 19.2 Å². The molecule has 3 N–H and O–H groups in total. The zero-order valence-corrected chi connectivity index (χ0v) is 22.9. The first-order chi connectivity index (χ1) is 19.4. The Labute approximate surface area is 242 Å². The monoisotopic (exact) mass is 601 g/mol. The lowest BCUT2D eigenvalue weighted by atomic mass is 9.56. The summed E-state index contributed by atoms with van der Waals surface area (Å²) < 4.78 is 19.0. The van der Waals surface area contributed by atoms with Gasteiger partial charge in [0, 0.05) is 11.5 Å². The lowest BCUT2D eigenvalue weighted by Crippen LogP contribution is -2.60. The third kappa shape index (κ3) is 3.39. The quantitative estimate of drug-likeness (QED) is 0.312. The van der Waals surface area contributed by atoms with Crippen molar-refractivity contribution in [2.24, 2.45) is 23.5 Å². The van der Waals surface area contributed by atoms with Gasteiger partial charge in [-0.25, -0.2) is 14.1 Å². The van der Waals surface area contributed by atoms with E-state index in [2.05, 4.69) is 0 Å². The summed E-state index contributed by atoms with van der Waals surface area (Å²) in [4.78, 5) is 63.5. The molecule has 212 valence electrons. The molecule has 6 amide bonds. The molecule has 0 bridgehead atoms. The molecule has 6 atom stereocenters. The van der Waals surface area contributed by atoms with Gasteiger partial charge in [0.2, 0.25) is 11.8 Å². The first-order valence-corrected chi connectivity index (χ1v) is 13.4. The van der Waals surface area contributed by atoms with Crippen LogP contribution in [0.5, 0.6) is 11.5 Å². The number of hydrogen-bond acceptors (Lipinski definition) is 7. The number of hydrogen-bond donors (Lipinski definition) is 2. The van der Waals surface area contributed by atoms with Gasteiger partial charge in [-0.1, -0.05) is 23.8 Å². The molecule has 2 saturated heterocycles. The molecule has 10 nitrogen and oxygen atoms in total. The highest BCUT2D eigenvalue weighted by molar-refractivity contribution is 6.58. The maximum atomic E-state index is 14.2. The van der Waals surface area contributed by atoms with E-state index in [0.717, 1.165) is 17.0 Å². The van der Waals surface area contributed by atoms with Crippen molar-refractivity contribution in [1.29, 1.82) is 0 Å². The van der Waals surface area contributed by atoms with Gasteiger partial charge in [0.25, 0.3) is 11.8 Å². The van der Waals surface area contributed by atoms with Gasteiger partial charge < -0.3 is 15.6 Å². The summed E-state index contributed by atoms with van der Waals surface area (Å²) in [5.41, 5.74) is 5.86. The Balaban J connectivity index is 1.59. The van der Waals surface area contributed by atoms with E-state index in [1.54, 1.807) is 12.1 Å². The van der Waals surface area contributed by atoms with E-state index in [0.29, 0.717) is 10.5 Å². The zero-order valence-electron chi connectivity index (χ0n) is 21.3. The number of allylic oxidation sites excluding steroid dienone is 2. The number of halogens is 3. The minimum absolute atomic E-state index is 0.0121. The Morgan fingerprint density at radius 2 is 1.73 bits per heavy atom. The molecule has 2 aromatic rings. The van der Waals surface area contributed by atoms with Gasteiger partial charge in [0.05, 0.1) is 24.6 Å². The number of alkyl halides is 2. The van der Waals surface area contributed by atoms with Gasteiger partial charge in [-0.3, -0.25) is 19.2 Å². The molecule has 2 heterocycles. The van der Waals surface area contributed by atoms with Crippen molar-refractivity contribution in [1.82, 2.24) is 4.90 Å². The highest BCUT2D eigenvalue weighted by Crippen LogP contribution is 2.66. The normalized spacial score (nSPS) is 32.4. The lowest BCUT2D eigenvalue weighted by molar-refractivity contribution is -0.136. The van der Waals surface area contributed by atoms with Crippen LogP contribution in [0.1, 0.15) is 24.3 Å². The second kappa shape index (κ2) is 9.02. The van der Waals surface area contributed by atoms with E-state index < -0.39 is 68.9 Å². The summed E-state index contributed by atoms with van der Waals surface area (Å²) in [6.07, 6.45) is 1.31. The number of primary amides is 1. The number of rotatable bonds is 3. The van der Waals surface area contributed by atoms with E-state index >= 15 is 0 Å². The number of carbonyl (C=O) groups excluding carboxylic acids is 5. The summed E-state index contributed by atoms with van der Waals surface area (Å²) in [6.45, 7) is 0. The number of carbonyl (C=O) groups is 5. The third-order valence-electron chi connectivity index (χ3n) is 8.68. The minimum Gasteiger partial charge on any atom is -0.504 e. The largest absolute Gasteiger partial charge is 0.504 e. The topological polar surface area (TPSA) is 147 Å². The molecule has 13 heteroatoms. The van der Waals surface area contributed by atoms with Crippen LogP contribution in [-0.4, -0.2) is 56.5 Å². The van der Waals surface area contributed by atoms with Crippen LogP contribution in [0.15, 0.2) is 54.1 Å². The SMILES string of the molecule is COc1cccc([C@H]2C3=CC[C@@H]4C(=O)N(C(N)=O)C(=O)[C@@H]4[C@@H]3C[C@@]3(Cl)C(=O)N(c4ccc(F)cc4)C(=O)[C@@]23Cl)c1O. The Kier molecular flexibility index (Phi) is 5.99. The molecule has 0 radical (unpaired) electrons. The van der Waals surface area contributed by atoms with E-state index in [-0.39, 0.29) is 35.6 Å². The summed E-state index contributed by atoms with van der Waals surface area (Å²) >= 11 is 14.4. The van der Waals surface area contributed by atoms with Crippen LogP contribution in [0.4, 0.5) is 14.9 Å². The van der Waals surface area contributed by atoms with E-state index in [9.17, 15) is 33.5 Å². The van der Waals surface area contributed by atoms with Crippen LogP contribution in [0.3, 0.4) is 0 Å². The van der Waals surface area contributed by atoms with Crippen molar-refractivity contribution in [2.45, 2.75) is 28.5 Å². The summed E-state index contributed by atoms with van der Waals surface area (Å²) in [6, 6.07) is 7.90. The van der Waals surface area contributed by atoms with Crippen LogP contribution >= 0.6 is 23.2 Å². The average Bonchev–Trinajstić information content (AvgIpc) is 3.28. The Bertz CT molecular complexity index is 1600. The maximum Gasteiger partial charge on any atom is 0.328 e. The van der Waals surface area contributed by atoms with Crippen molar-refractivity contribution in [2.75, 3.05) is 12.0 Å². The molecule has 0 spiro atoms. The number of amides is 6. The highest BCUT2D eigenvalue weighted by Gasteiger charge is 2.77. The third-order valence-corrected chi connectivity index (χ3v) is 10.1. The van der Waals surface area contributed by atoms with Crippen molar-refractivity contribution in [3.05, 3.63) is 65.5 Å². The van der Waals surface area contributed by atoms with Gasteiger partial charge in [0.15, 0.2) is 21.2 Å². The molecular formula is C28H22Cl2FN3O7. The van der Waals surface area contributed by atoms with Gasteiger partial charge in [-0.05, 0) is 49.1 Å². The van der Waals surface area contributed by atoms with Crippen molar-refractivity contribution < 1.29 is 38.2 Å². The second-order valence-electron chi connectivity index (χ2n) is 10.5. The van der Waals surface area contributed by atoms with E-state index in [1.165, 1.54) is 31.4 Å². The van der Waals surface area contributed by atoms with Gasteiger partial charge >= 0.3 is 6.03 Å². The minimum atomic E-state index is -2.23. The van der Waals surface area contributed by atoms with Crippen LogP contribution in [0, 0.1) is 23.6 Å². The Morgan fingerprint density at radius 3 is 2.37 bits per heavy atom. The van der Waals surface area contributed by atoms with Crippen molar-refractivity contribution >= 4 is 58.5 Å². The number of fused-ring (bicyclic) bond motifs is 4. The van der Waals surface area contributed by atoms with Crippen LogP contribution in [0.25, 0.3) is 0 Å². The number of benzene rings is 2. The zero-order chi connectivity index (χ0) is 29.6. The predicted octanol–water partition coefficient (Wildman–Crippen LogP) is 3.18. The summed E-state index contributed by atoms with van der Waals surface area (Å²) in [5, 5.41) is 11.2. The molecule has 4 aliphatic rings. The van der Waals surface area contributed by atoms with Crippen molar-refractivity contribution in [3.8, 4) is 11.5 Å². The van der Waals surface area contributed by atoms with Gasteiger partial charge in [-0.15, -0.1) is 23.2 Å². The van der Waals surface area contributed by atoms with Crippen LogP contribution in [0.2, 0.25) is 0 Å². The standard InChI is InChI=1S/C28H22Cl2FN3O7/c1-41-18-4-2-3-16(21(18)35)20-14-9-10-15-19(23(37)34(22(15)36)26(32)40)17(14)11-27(29)24(38)33(25(39)28(20,27)30)13-7-5-12(31)6-8-13/h2-9,15,17,19-20,35H,10-11H2,1H3,(H2,32,40)/t15-,17+,19-,20+,27+,28-/m0/s1. The molecule has 2 aliphatic heterocycles. The number of likely N-dealkylation sites (tertiary alicyclic amines) is 1.